The van der Waals surface area contributed by atoms with E-state index in [4.69, 9.17) is 5.73 Å². The Morgan fingerprint density at radius 3 is 2.51 bits per heavy atom. The molecule has 0 aromatic heterocycles. The Bertz CT molecular complexity index is 1220. The van der Waals surface area contributed by atoms with Crippen molar-refractivity contribution >= 4 is 17.5 Å². The van der Waals surface area contributed by atoms with Crippen LogP contribution in [0.15, 0.2) is 28.7 Å². The molecule has 0 bridgehead atoms. The fourth-order valence-corrected chi connectivity index (χ4v) is 5.74. The van der Waals surface area contributed by atoms with Gasteiger partial charge in [-0.3, -0.25) is 19.3 Å². The van der Waals surface area contributed by atoms with E-state index in [0.717, 1.165) is 6.07 Å². The molecule has 0 spiro atoms. The van der Waals surface area contributed by atoms with Crippen LogP contribution in [0.25, 0.3) is 0 Å². The molecule has 0 fully saturated rings. The van der Waals surface area contributed by atoms with Crippen molar-refractivity contribution in [2.45, 2.75) is 38.0 Å². The van der Waals surface area contributed by atoms with E-state index in [2.05, 4.69) is 5.32 Å². The summed E-state index contributed by atoms with van der Waals surface area (Å²) in [5.41, 5.74) is 1.19. The fraction of sp³-hybridized carbons (Fsp3) is 0.458. The van der Waals surface area contributed by atoms with Gasteiger partial charge in [-0.2, -0.15) is 0 Å². The standard InChI is InChI=1S/C24H28FN3O7/c1-4-27-8-10-7-13(29)15-11(17(10)25)5-9-6-12-18(28(2)3)20(31)16(23(26)34)22(33)24(12,35)21(32)14(9)19(15)30/h7,9,12,18,27,29,31-32,35H,4-6,8H2,1-3H3,(H2,26,34)/t9-,12-,18-,24-/m0/s1. The Hall–Kier alpha value is -3.28. The van der Waals surface area contributed by atoms with Crippen molar-refractivity contribution in [1.29, 1.82) is 0 Å². The lowest BCUT2D eigenvalue weighted by Gasteiger charge is -2.50. The lowest BCUT2D eigenvalue weighted by atomic mass is 9.58. The molecular weight excluding hydrogens is 461 g/mol. The molecule has 0 radical (unpaired) electrons. The van der Waals surface area contributed by atoms with Crippen molar-refractivity contribution in [2.24, 2.45) is 17.6 Å². The second-order valence-electron chi connectivity index (χ2n) is 9.47. The Balaban J connectivity index is 1.92. The Morgan fingerprint density at radius 1 is 1.29 bits per heavy atom. The number of aliphatic hydroxyl groups excluding tert-OH is 2. The number of allylic oxidation sites excluding steroid dienone is 1. The van der Waals surface area contributed by atoms with Crippen molar-refractivity contribution in [3.05, 3.63) is 51.2 Å². The van der Waals surface area contributed by atoms with Crippen LogP contribution in [0.1, 0.15) is 34.8 Å². The van der Waals surface area contributed by atoms with E-state index in [1.54, 1.807) is 0 Å². The molecule has 35 heavy (non-hydrogen) atoms. The molecule has 4 atom stereocenters. The number of nitrogens with zero attached hydrogens (tertiary/aromatic N) is 1. The molecule has 0 unspecified atom stereocenters. The Labute approximate surface area is 200 Å². The number of benzene rings is 1. The number of primary amides is 1. The number of aromatic hydroxyl groups is 1. The summed E-state index contributed by atoms with van der Waals surface area (Å²) in [7, 11) is 3.08. The summed E-state index contributed by atoms with van der Waals surface area (Å²) in [6.07, 6.45) is -0.183. The van der Waals surface area contributed by atoms with Crippen molar-refractivity contribution in [3.8, 4) is 5.75 Å². The number of amides is 1. The van der Waals surface area contributed by atoms with Crippen LogP contribution in [0.2, 0.25) is 0 Å². The van der Waals surface area contributed by atoms with Gasteiger partial charge in [0.2, 0.25) is 5.78 Å². The number of halogens is 1. The van der Waals surface area contributed by atoms with Gasteiger partial charge >= 0.3 is 0 Å². The van der Waals surface area contributed by atoms with Crippen LogP contribution in [-0.4, -0.2) is 75.1 Å². The molecule has 10 nitrogen and oxygen atoms in total. The van der Waals surface area contributed by atoms with Gasteiger partial charge in [0.15, 0.2) is 11.4 Å². The second kappa shape index (κ2) is 8.43. The predicted molar refractivity (Wildman–Crippen MR) is 121 cm³/mol. The van der Waals surface area contributed by atoms with Crippen LogP contribution in [0.3, 0.4) is 0 Å². The zero-order valence-corrected chi connectivity index (χ0v) is 19.6. The van der Waals surface area contributed by atoms with E-state index in [1.165, 1.54) is 19.0 Å². The first-order valence-electron chi connectivity index (χ1n) is 11.3. The molecule has 1 aromatic rings. The van der Waals surface area contributed by atoms with Gasteiger partial charge < -0.3 is 31.5 Å². The number of ketones is 2. The van der Waals surface area contributed by atoms with Gasteiger partial charge in [0, 0.05) is 29.2 Å². The summed E-state index contributed by atoms with van der Waals surface area (Å²) >= 11 is 0. The molecule has 0 heterocycles. The van der Waals surface area contributed by atoms with Crippen molar-refractivity contribution in [1.82, 2.24) is 10.2 Å². The smallest absolute Gasteiger partial charge is 0.255 e. The number of rotatable bonds is 5. The normalized spacial score (nSPS) is 28.2. The van der Waals surface area contributed by atoms with Gasteiger partial charge in [0.25, 0.3) is 5.91 Å². The molecule has 11 heteroatoms. The number of nitrogens with two attached hydrogens (primary N) is 1. The fourth-order valence-electron chi connectivity index (χ4n) is 5.74. The zero-order valence-electron chi connectivity index (χ0n) is 19.6. The maximum absolute atomic E-state index is 15.4. The molecule has 0 saturated heterocycles. The van der Waals surface area contributed by atoms with Gasteiger partial charge in [-0.15, -0.1) is 0 Å². The van der Waals surface area contributed by atoms with E-state index in [9.17, 15) is 34.8 Å². The number of hydrogen-bond donors (Lipinski definition) is 6. The van der Waals surface area contributed by atoms with E-state index < -0.39 is 69.6 Å². The van der Waals surface area contributed by atoms with Gasteiger partial charge in [-0.25, -0.2) is 4.39 Å². The molecule has 4 rings (SSSR count). The second-order valence-corrected chi connectivity index (χ2v) is 9.47. The summed E-state index contributed by atoms with van der Waals surface area (Å²) in [6.45, 7) is 2.52. The number of nitrogens with one attached hydrogen (secondary N) is 1. The third-order valence-electron chi connectivity index (χ3n) is 7.30. The average Bonchev–Trinajstić information content (AvgIpc) is 2.77. The van der Waals surface area contributed by atoms with Crippen LogP contribution >= 0.6 is 0 Å². The molecule has 3 aliphatic carbocycles. The maximum Gasteiger partial charge on any atom is 0.255 e. The maximum atomic E-state index is 15.4. The van der Waals surface area contributed by atoms with Crippen LogP contribution < -0.4 is 11.1 Å². The largest absolute Gasteiger partial charge is 0.510 e. The summed E-state index contributed by atoms with van der Waals surface area (Å²) in [4.78, 5) is 40.1. The minimum Gasteiger partial charge on any atom is -0.510 e. The van der Waals surface area contributed by atoms with Crippen LogP contribution in [-0.2, 0) is 22.6 Å². The van der Waals surface area contributed by atoms with Crippen LogP contribution in [0.4, 0.5) is 4.39 Å². The Morgan fingerprint density at radius 2 is 1.94 bits per heavy atom. The number of fused-ring (bicyclic) bond motifs is 3. The average molecular weight is 490 g/mol. The topological polar surface area (TPSA) is 173 Å². The van der Waals surface area contributed by atoms with Gasteiger partial charge in [0.1, 0.15) is 28.7 Å². The number of phenolic OH excluding ortho intramolecular Hbond substituents is 1. The van der Waals surface area contributed by atoms with Crippen LogP contribution in [0, 0.1) is 17.7 Å². The molecule has 0 aliphatic heterocycles. The van der Waals surface area contributed by atoms with E-state index >= 15 is 4.39 Å². The van der Waals surface area contributed by atoms with Crippen molar-refractivity contribution in [3.63, 3.8) is 0 Å². The first-order chi connectivity index (χ1) is 16.4. The zero-order chi connectivity index (χ0) is 26.0. The summed E-state index contributed by atoms with van der Waals surface area (Å²) in [5, 5.41) is 46.9. The quantitative estimate of drug-likeness (QED) is 0.319. The third kappa shape index (κ3) is 3.37. The summed E-state index contributed by atoms with van der Waals surface area (Å²) < 4.78 is 15.4. The highest BCUT2D eigenvalue weighted by molar-refractivity contribution is 6.24. The number of carbonyl (C=O) groups excluding carboxylic acids is 3. The summed E-state index contributed by atoms with van der Waals surface area (Å²) in [5.74, 6) is -8.27. The minimum absolute atomic E-state index is 0.0176. The van der Waals surface area contributed by atoms with E-state index in [-0.39, 0.29) is 41.6 Å². The van der Waals surface area contributed by atoms with Crippen molar-refractivity contribution < 1.29 is 39.2 Å². The monoisotopic (exact) mass is 489 g/mol. The van der Waals surface area contributed by atoms with E-state index in [0.29, 0.717) is 6.54 Å². The van der Waals surface area contributed by atoms with Gasteiger partial charge in [-0.1, -0.05) is 6.92 Å². The number of likely N-dealkylation sites (N-methyl/N-ethyl adjacent to an activating group) is 1. The number of carbonyl (C=O) groups is 3. The minimum atomic E-state index is -2.72. The van der Waals surface area contributed by atoms with E-state index in [1.807, 2.05) is 6.92 Å². The first kappa shape index (κ1) is 24.8. The first-order valence-corrected chi connectivity index (χ1v) is 11.3. The highest BCUT2D eigenvalue weighted by atomic mass is 19.1. The molecule has 1 aromatic carbocycles. The molecule has 7 N–H and O–H groups in total. The molecular formula is C24H28FN3O7. The lowest BCUT2D eigenvalue weighted by Crippen LogP contribution is -2.63. The highest BCUT2D eigenvalue weighted by Gasteiger charge is 2.63. The van der Waals surface area contributed by atoms with Crippen LogP contribution in [0.5, 0.6) is 5.75 Å². The number of Topliss-reactive ketones (excluding diaryl/α,β-unsaturated/α-hetero) is 2. The molecule has 0 saturated carbocycles. The molecule has 1 amide bonds. The molecule has 3 aliphatic rings. The highest BCUT2D eigenvalue weighted by Crippen LogP contribution is 2.52. The Kier molecular flexibility index (Phi) is 5.98. The number of phenols is 1. The lowest BCUT2D eigenvalue weighted by molar-refractivity contribution is -0.148. The summed E-state index contributed by atoms with van der Waals surface area (Å²) in [6, 6.07) is 0.0334. The number of aliphatic hydroxyl groups is 3. The third-order valence-corrected chi connectivity index (χ3v) is 7.30. The molecule has 188 valence electrons. The van der Waals surface area contributed by atoms with Gasteiger partial charge in [0.05, 0.1) is 11.6 Å². The van der Waals surface area contributed by atoms with Crippen molar-refractivity contribution in [2.75, 3.05) is 20.6 Å². The number of hydrogen-bond acceptors (Lipinski definition) is 9. The predicted octanol–water partition coefficient (Wildman–Crippen LogP) is 0.369. The van der Waals surface area contributed by atoms with Gasteiger partial charge in [-0.05, 0) is 45.5 Å². The SMILES string of the molecule is CCNCc1cc(O)c2c(c1F)C[C@H]1C[C@H]3[C@H](N(C)C)C(O)=C(C(N)=O)C(=O)[C@@]3(O)C(O)=C1C2=O.